The number of nitrogens with zero attached hydrogens (tertiary/aromatic N) is 3. The molecule has 1 N–H and O–H groups in total. The summed E-state index contributed by atoms with van der Waals surface area (Å²) in [5, 5.41) is 9.25. The van der Waals surface area contributed by atoms with Crippen LogP contribution in [0.15, 0.2) is 59.3 Å². The summed E-state index contributed by atoms with van der Waals surface area (Å²) in [6, 6.07) is 12.6. The van der Waals surface area contributed by atoms with Crippen LogP contribution >= 0.6 is 0 Å². The molecule has 0 spiro atoms. The summed E-state index contributed by atoms with van der Waals surface area (Å²) < 4.78 is 11.5. The second kappa shape index (κ2) is 8.31. The van der Waals surface area contributed by atoms with Gasteiger partial charge in [-0.3, -0.25) is 9.97 Å². The Morgan fingerprint density at radius 1 is 1.04 bits per heavy atom. The summed E-state index contributed by atoms with van der Waals surface area (Å²) in [5.74, 6) is 1.36. The standard InChI is InChI=1S/C19H15N3O3.C2H6/c1-12-8-13(6-7-20-12)19-22-17-9-16(4-5-18(17)25-19)24-11-14-2-3-15(23)10-21-14;1-2/h2-10,23H,11H2,1H3;1-2H3. The number of ether oxygens (including phenoxy) is 1. The molecule has 27 heavy (non-hydrogen) atoms. The van der Waals surface area contributed by atoms with E-state index in [0.29, 0.717) is 23.8 Å². The van der Waals surface area contributed by atoms with E-state index < -0.39 is 0 Å². The Morgan fingerprint density at radius 3 is 2.63 bits per heavy atom. The van der Waals surface area contributed by atoms with Crippen LogP contribution in [-0.4, -0.2) is 20.1 Å². The maximum atomic E-state index is 9.25. The van der Waals surface area contributed by atoms with Gasteiger partial charge in [-0.05, 0) is 43.3 Å². The van der Waals surface area contributed by atoms with E-state index in [0.717, 1.165) is 22.5 Å². The number of aryl methyl sites for hydroxylation is 1. The Hall–Kier alpha value is -3.41. The summed E-state index contributed by atoms with van der Waals surface area (Å²) in [6.45, 7) is 6.23. The highest BCUT2D eigenvalue weighted by Crippen LogP contribution is 2.27. The molecule has 0 unspecified atom stereocenters. The molecule has 4 rings (SSSR count). The van der Waals surface area contributed by atoms with Gasteiger partial charge in [0.05, 0.1) is 11.9 Å². The summed E-state index contributed by atoms with van der Waals surface area (Å²) >= 11 is 0. The molecule has 138 valence electrons. The second-order valence-corrected chi connectivity index (χ2v) is 5.63. The fourth-order valence-corrected chi connectivity index (χ4v) is 2.46. The molecule has 0 aliphatic carbocycles. The second-order valence-electron chi connectivity index (χ2n) is 5.63. The zero-order valence-electron chi connectivity index (χ0n) is 15.5. The van der Waals surface area contributed by atoms with Gasteiger partial charge in [0, 0.05) is 23.5 Å². The van der Waals surface area contributed by atoms with Gasteiger partial charge in [0.1, 0.15) is 23.6 Å². The van der Waals surface area contributed by atoms with Crippen LogP contribution in [0, 0.1) is 6.92 Å². The first-order valence-electron chi connectivity index (χ1n) is 8.78. The number of hydrogen-bond donors (Lipinski definition) is 1. The fourth-order valence-electron chi connectivity index (χ4n) is 2.46. The molecule has 0 aliphatic rings. The number of oxazole rings is 1. The maximum absolute atomic E-state index is 9.25. The molecule has 4 aromatic rings. The van der Waals surface area contributed by atoms with Crippen LogP contribution in [-0.2, 0) is 6.61 Å². The van der Waals surface area contributed by atoms with Gasteiger partial charge in [-0.15, -0.1) is 0 Å². The molecule has 6 nitrogen and oxygen atoms in total. The molecule has 0 aliphatic heterocycles. The lowest BCUT2D eigenvalue weighted by molar-refractivity contribution is 0.301. The molecule has 0 radical (unpaired) electrons. The van der Waals surface area contributed by atoms with E-state index in [9.17, 15) is 5.11 Å². The molecule has 0 atom stereocenters. The summed E-state index contributed by atoms with van der Waals surface area (Å²) in [6.07, 6.45) is 3.13. The number of aromatic nitrogens is 3. The van der Waals surface area contributed by atoms with Crippen LogP contribution in [0.4, 0.5) is 0 Å². The molecule has 0 amide bonds. The summed E-state index contributed by atoms with van der Waals surface area (Å²) in [4.78, 5) is 12.8. The van der Waals surface area contributed by atoms with Crippen molar-refractivity contribution in [3.8, 4) is 23.0 Å². The topological polar surface area (TPSA) is 81.3 Å². The lowest BCUT2D eigenvalue weighted by Crippen LogP contribution is -1.97. The highest BCUT2D eigenvalue weighted by Gasteiger charge is 2.10. The predicted molar refractivity (Wildman–Crippen MR) is 104 cm³/mol. The molecule has 0 bridgehead atoms. The Balaban J connectivity index is 0.00000102. The molecular formula is C21H21N3O3. The first-order valence-corrected chi connectivity index (χ1v) is 8.78. The van der Waals surface area contributed by atoms with Crippen LogP contribution in [0.2, 0.25) is 0 Å². The monoisotopic (exact) mass is 363 g/mol. The highest BCUT2D eigenvalue weighted by atomic mass is 16.5. The maximum Gasteiger partial charge on any atom is 0.227 e. The van der Waals surface area contributed by atoms with Crippen molar-refractivity contribution in [2.24, 2.45) is 0 Å². The zero-order chi connectivity index (χ0) is 19.2. The number of fused-ring (bicyclic) bond motifs is 1. The van der Waals surface area contributed by atoms with Gasteiger partial charge in [0.2, 0.25) is 5.89 Å². The third-order valence-corrected chi connectivity index (χ3v) is 3.70. The van der Waals surface area contributed by atoms with E-state index in [4.69, 9.17) is 9.15 Å². The van der Waals surface area contributed by atoms with Crippen LogP contribution in [0.3, 0.4) is 0 Å². The normalized spacial score (nSPS) is 10.3. The van der Waals surface area contributed by atoms with Crippen LogP contribution in [0.25, 0.3) is 22.6 Å². The third-order valence-electron chi connectivity index (χ3n) is 3.70. The van der Waals surface area contributed by atoms with Gasteiger partial charge in [-0.25, -0.2) is 4.98 Å². The molecular weight excluding hydrogens is 342 g/mol. The zero-order valence-corrected chi connectivity index (χ0v) is 15.5. The number of benzene rings is 1. The Morgan fingerprint density at radius 2 is 1.89 bits per heavy atom. The van der Waals surface area contributed by atoms with E-state index in [-0.39, 0.29) is 5.75 Å². The first-order chi connectivity index (χ1) is 13.2. The van der Waals surface area contributed by atoms with Gasteiger partial charge in [-0.1, -0.05) is 13.8 Å². The molecule has 0 saturated carbocycles. The van der Waals surface area contributed by atoms with Crippen LogP contribution in [0.5, 0.6) is 11.5 Å². The largest absolute Gasteiger partial charge is 0.506 e. The van der Waals surface area contributed by atoms with E-state index in [1.807, 2.05) is 51.1 Å². The Bertz CT molecular complexity index is 1030. The number of rotatable bonds is 4. The third kappa shape index (κ3) is 4.41. The summed E-state index contributed by atoms with van der Waals surface area (Å²) in [5.41, 5.74) is 3.94. The van der Waals surface area contributed by atoms with Crippen molar-refractivity contribution >= 4 is 11.1 Å². The van der Waals surface area contributed by atoms with Gasteiger partial charge in [0.25, 0.3) is 0 Å². The van der Waals surface area contributed by atoms with Crippen molar-refractivity contribution in [3.05, 3.63) is 66.2 Å². The lowest BCUT2D eigenvalue weighted by Gasteiger charge is -2.05. The van der Waals surface area contributed by atoms with E-state index in [1.165, 1.54) is 6.20 Å². The first kappa shape index (κ1) is 18.4. The van der Waals surface area contributed by atoms with Crippen molar-refractivity contribution in [1.29, 1.82) is 0 Å². The van der Waals surface area contributed by atoms with Crippen molar-refractivity contribution in [2.45, 2.75) is 27.4 Å². The highest BCUT2D eigenvalue weighted by molar-refractivity contribution is 5.77. The Kier molecular flexibility index (Phi) is 5.66. The smallest absolute Gasteiger partial charge is 0.227 e. The number of pyridine rings is 2. The van der Waals surface area contributed by atoms with E-state index >= 15 is 0 Å². The molecule has 3 heterocycles. The van der Waals surface area contributed by atoms with Crippen molar-refractivity contribution in [1.82, 2.24) is 15.0 Å². The van der Waals surface area contributed by atoms with Crippen LogP contribution in [0.1, 0.15) is 25.2 Å². The molecule has 0 saturated heterocycles. The van der Waals surface area contributed by atoms with Crippen molar-refractivity contribution in [3.63, 3.8) is 0 Å². The summed E-state index contributed by atoms with van der Waals surface area (Å²) in [7, 11) is 0. The van der Waals surface area contributed by atoms with Crippen molar-refractivity contribution < 1.29 is 14.3 Å². The quantitative estimate of drug-likeness (QED) is 0.555. The minimum absolute atomic E-state index is 0.131. The molecule has 6 heteroatoms. The number of aromatic hydroxyl groups is 1. The molecule has 1 aromatic carbocycles. The van der Waals surface area contributed by atoms with E-state index in [1.54, 1.807) is 18.3 Å². The predicted octanol–water partition coefficient (Wildman–Crippen LogP) is 4.90. The van der Waals surface area contributed by atoms with Crippen molar-refractivity contribution in [2.75, 3.05) is 0 Å². The number of hydrogen-bond acceptors (Lipinski definition) is 6. The Labute approximate surface area is 157 Å². The SMILES string of the molecule is CC.Cc1cc(-c2nc3cc(OCc4ccc(O)cn4)ccc3o2)ccn1. The average molecular weight is 363 g/mol. The molecule has 3 aromatic heterocycles. The van der Waals surface area contributed by atoms with Gasteiger partial charge in [-0.2, -0.15) is 0 Å². The van der Waals surface area contributed by atoms with Crippen LogP contribution < -0.4 is 4.74 Å². The fraction of sp³-hybridized carbons (Fsp3) is 0.190. The molecule has 0 fully saturated rings. The van der Waals surface area contributed by atoms with E-state index in [2.05, 4.69) is 15.0 Å². The average Bonchev–Trinajstić information content (AvgIpc) is 3.13. The van der Waals surface area contributed by atoms with Gasteiger partial charge in [0.15, 0.2) is 5.58 Å². The minimum Gasteiger partial charge on any atom is -0.506 e. The van der Waals surface area contributed by atoms with Gasteiger partial charge >= 0.3 is 0 Å². The minimum atomic E-state index is 0.131. The lowest BCUT2D eigenvalue weighted by atomic mass is 10.2. The van der Waals surface area contributed by atoms with Gasteiger partial charge < -0.3 is 14.3 Å².